The van der Waals surface area contributed by atoms with Gasteiger partial charge in [-0.25, -0.2) is 9.97 Å². The maximum Gasteiger partial charge on any atom is 0.273 e. The molecule has 0 aliphatic rings. The van der Waals surface area contributed by atoms with Gasteiger partial charge in [0.05, 0.1) is 22.8 Å². The zero-order valence-corrected chi connectivity index (χ0v) is 22.3. The number of aryl methyl sites for hydroxylation is 3. The Bertz CT molecular complexity index is 1460. The van der Waals surface area contributed by atoms with Gasteiger partial charge in [0.15, 0.2) is 0 Å². The first-order valence-corrected chi connectivity index (χ1v) is 12.1. The van der Waals surface area contributed by atoms with Crippen molar-refractivity contribution in [3.63, 3.8) is 0 Å². The van der Waals surface area contributed by atoms with Crippen molar-refractivity contribution in [2.45, 2.75) is 53.6 Å². The van der Waals surface area contributed by atoms with Crippen LogP contribution in [0.1, 0.15) is 49.2 Å². The van der Waals surface area contributed by atoms with Crippen LogP contribution < -0.4 is 10.3 Å². The Labute approximate surface area is 213 Å². The molecule has 180 valence electrons. The van der Waals surface area contributed by atoms with E-state index in [9.17, 15) is 4.79 Å². The standard InChI is InChI=1S/C27H28BrN5O2/c1-16-14-30-21(20-10-11-29-26(32-20)27(4,5)6)13-22(16)33-18(3)12-23(24(28)25(33)34)35-15-19-9-7-8-17(2)31-19/h7-14H,15H2,1-6H3. The Morgan fingerprint density at radius 1 is 1.00 bits per heavy atom. The lowest BCUT2D eigenvalue weighted by Crippen LogP contribution is -2.23. The lowest BCUT2D eigenvalue weighted by molar-refractivity contribution is 0.297. The van der Waals surface area contributed by atoms with E-state index in [4.69, 9.17) is 9.72 Å². The smallest absolute Gasteiger partial charge is 0.273 e. The molecule has 7 nitrogen and oxygen atoms in total. The van der Waals surface area contributed by atoms with Crippen LogP contribution in [0.25, 0.3) is 17.1 Å². The van der Waals surface area contributed by atoms with Crippen molar-refractivity contribution in [2.24, 2.45) is 0 Å². The quantitative estimate of drug-likeness (QED) is 0.329. The van der Waals surface area contributed by atoms with E-state index in [0.717, 1.165) is 34.2 Å². The van der Waals surface area contributed by atoms with Gasteiger partial charge < -0.3 is 4.74 Å². The second-order valence-corrected chi connectivity index (χ2v) is 10.3. The molecule has 0 aliphatic carbocycles. The lowest BCUT2D eigenvalue weighted by Gasteiger charge is -2.18. The van der Waals surface area contributed by atoms with Crippen LogP contribution in [-0.4, -0.2) is 24.5 Å². The number of nitrogens with zero attached hydrogens (tertiary/aromatic N) is 5. The summed E-state index contributed by atoms with van der Waals surface area (Å²) in [6.07, 6.45) is 3.50. The molecule has 0 unspecified atom stereocenters. The highest BCUT2D eigenvalue weighted by molar-refractivity contribution is 9.10. The maximum absolute atomic E-state index is 13.4. The van der Waals surface area contributed by atoms with E-state index in [1.807, 2.05) is 57.2 Å². The summed E-state index contributed by atoms with van der Waals surface area (Å²) in [5.74, 6) is 1.21. The van der Waals surface area contributed by atoms with Gasteiger partial charge in [0.1, 0.15) is 22.7 Å². The molecule has 35 heavy (non-hydrogen) atoms. The van der Waals surface area contributed by atoms with Gasteiger partial charge >= 0.3 is 0 Å². The Kier molecular flexibility index (Phi) is 6.85. The third-order valence-corrected chi connectivity index (χ3v) is 6.26. The molecule has 4 heterocycles. The third-order valence-electron chi connectivity index (χ3n) is 5.53. The fraction of sp³-hybridized carbons (Fsp3) is 0.296. The Hall–Kier alpha value is -3.39. The van der Waals surface area contributed by atoms with Crippen molar-refractivity contribution >= 4 is 15.9 Å². The summed E-state index contributed by atoms with van der Waals surface area (Å²) >= 11 is 3.45. The minimum Gasteiger partial charge on any atom is -0.486 e. The molecule has 4 aromatic rings. The van der Waals surface area contributed by atoms with Gasteiger partial charge in [-0.3, -0.25) is 19.3 Å². The van der Waals surface area contributed by atoms with Crippen molar-refractivity contribution in [1.29, 1.82) is 0 Å². The largest absolute Gasteiger partial charge is 0.486 e. The van der Waals surface area contributed by atoms with Gasteiger partial charge in [-0.2, -0.15) is 0 Å². The fourth-order valence-electron chi connectivity index (χ4n) is 3.67. The minimum atomic E-state index is -0.212. The Balaban J connectivity index is 1.72. The SMILES string of the molecule is Cc1cccc(COc2cc(C)n(-c3cc(-c4ccnc(C(C)(C)C)n4)ncc3C)c(=O)c2Br)n1. The van der Waals surface area contributed by atoms with Crippen molar-refractivity contribution in [3.8, 4) is 22.8 Å². The van der Waals surface area contributed by atoms with Crippen LogP contribution in [0.15, 0.2) is 58.1 Å². The predicted molar refractivity (Wildman–Crippen MR) is 140 cm³/mol. The van der Waals surface area contributed by atoms with Gasteiger partial charge in [0.2, 0.25) is 0 Å². The number of ether oxygens (including phenoxy) is 1. The highest BCUT2D eigenvalue weighted by Crippen LogP contribution is 2.28. The average molecular weight is 534 g/mol. The second-order valence-electron chi connectivity index (χ2n) is 9.54. The monoisotopic (exact) mass is 533 g/mol. The van der Waals surface area contributed by atoms with Gasteiger partial charge in [-0.15, -0.1) is 0 Å². The molecular weight excluding hydrogens is 506 g/mol. The molecule has 0 atom stereocenters. The Morgan fingerprint density at radius 2 is 1.77 bits per heavy atom. The highest BCUT2D eigenvalue weighted by atomic mass is 79.9. The normalized spacial score (nSPS) is 11.5. The van der Waals surface area contributed by atoms with E-state index in [1.165, 1.54) is 0 Å². The zero-order valence-electron chi connectivity index (χ0n) is 20.8. The molecule has 0 aliphatic heterocycles. The van der Waals surface area contributed by atoms with E-state index < -0.39 is 0 Å². The van der Waals surface area contributed by atoms with Gasteiger partial charge in [0, 0.05) is 35.3 Å². The molecule has 0 aromatic carbocycles. The minimum absolute atomic E-state index is 0.189. The van der Waals surface area contributed by atoms with Crippen LogP contribution in [0.5, 0.6) is 5.75 Å². The first-order valence-electron chi connectivity index (χ1n) is 11.3. The molecule has 0 N–H and O–H groups in total. The van der Waals surface area contributed by atoms with Crippen molar-refractivity contribution in [3.05, 3.63) is 92.1 Å². The van der Waals surface area contributed by atoms with Gasteiger partial charge in [-0.05, 0) is 66.5 Å². The second kappa shape index (κ2) is 9.70. The molecule has 0 spiro atoms. The number of pyridine rings is 3. The van der Waals surface area contributed by atoms with Crippen molar-refractivity contribution < 1.29 is 4.74 Å². The summed E-state index contributed by atoms with van der Waals surface area (Å²) in [5, 5.41) is 0. The summed E-state index contributed by atoms with van der Waals surface area (Å²) in [4.78, 5) is 31.6. The molecule has 8 heteroatoms. The van der Waals surface area contributed by atoms with Crippen molar-refractivity contribution in [2.75, 3.05) is 0 Å². The molecule has 0 saturated heterocycles. The fourth-order valence-corrected chi connectivity index (χ4v) is 4.08. The summed E-state index contributed by atoms with van der Waals surface area (Å²) in [6, 6.07) is 11.3. The predicted octanol–water partition coefficient (Wildman–Crippen LogP) is 5.65. The average Bonchev–Trinajstić information content (AvgIpc) is 2.81. The summed E-state index contributed by atoms with van der Waals surface area (Å²) in [6.45, 7) is 12.2. The van der Waals surface area contributed by atoms with Crippen LogP contribution in [0.4, 0.5) is 0 Å². The first kappa shape index (κ1) is 24.7. The molecule has 4 rings (SSSR count). The van der Waals surface area contributed by atoms with E-state index in [2.05, 4.69) is 51.7 Å². The van der Waals surface area contributed by atoms with Gasteiger partial charge in [-0.1, -0.05) is 26.8 Å². The molecule has 0 bridgehead atoms. The zero-order chi connectivity index (χ0) is 25.3. The van der Waals surface area contributed by atoms with E-state index in [-0.39, 0.29) is 17.6 Å². The van der Waals surface area contributed by atoms with Crippen LogP contribution in [0, 0.1) is 20.8 Å². The topological polar surface area (TPSA) is 82.8 Å². The highest BCUT2D eigenvalue weighted by Gasteiger charge is 2.19. The molecular formula is C27H28BrN5O2. The molecule has 0 fully saturated rings. The number of hydrogen-bond acceptors (Lipinski definition) is 6. The van der Waals surface area contributed by atoms with E-state index in [1.54, 1.807) is 17.0 Å². The Morgan fingerprint density at radius 3 is 2.49 bits per heavy atom. The maximum atomic E-state index is 13.4. The number of rotatable bonds is 5. The van der Waals surface area contributed by atoms with Crippen LogP contribution >= 0.6 is 15.9 Å². The number of hydrogen-bond donors (Lipinski definition) is 0. The van der Waals surface area contributed by atoms with Crippen LogP contribution in [-0.2, 0) is 12.0 Å². The molecule has 0 saturated carbocycles. The summed E-state index contributed by atoms with van der Waals surface area (Å²) in [5.41, 5.74) is 5.04. The van der Waals surface area contributed by atoms with Gasteiger partial charge in [0.25, 0.3) is 5.56 Å². The number of aromatic nitrogens is 5. The molecule has 0 amide bonds. The third kappa shape index (κ3) is 5.32. The van der Waals surface area contributed by atoms with Crippen LogP contribution in [0.2, 0.25) is 0 Å². The summed E-state index contributed by atoms with van der Waals surface area (Å²) in [7, 11) is 0. The lowest BCUT2D eigenvalue weighted by atomic mass is 9.95. The van der Waals surface area contributed by atoms with Crippen LogP contribution in [0.3, 0.4) is 0 Å². The summed E-state index contributed by atoms with van der Waals surface area (Å²) < 4.78 is 7.96. The first-order chi connectivity index (χ1) is 16.5. The molecule has 4 aromatic heterocycles. The number of halogens is 1. The van der Waals surface area contributed by atoms with Crippen molar-refractivity contribution in [1.82, 2.24) is 24.5 Å². The molecule has 0 radical (unpaired) electrons. The van der Waals surface area contributed by atoms with E-state index in [0.29, 0.717) is 21.6 Å². The van der Waals surface area contributed by atoms with E-state index >= 15 is 0 Å².